The van der Waals surface area contributed by atoms with Gasteiger partial charge in [0.15, 0.2) is 0 Å². The predicted octanol–water partition coefficient (Wildman–Crippen LogP) is 9.89. The molecule has 0 radical (unpaired) electrons. The molecule has 0 aliphatic carbocycles. The van der Waals surface area contributed by atoms with Crippen LogP contribution in [0, 0.1) is 11.8 Å². The van der Waals surface area contributed by atoms with Crippen molar-refractivity contribution >= 4 is 0 Å². The minimum absolute atomic E-state index is 0.196. The number of ether oxygens (including phenoxy) is 2. The van der Waals surface area contributed by atoms with E-state index in [-0.39, 0.29) is 16.6 Å². The minimum Gasteiger partial charge on any atom is -0.378 e. The van der Waals surface area contributed by atoms with Crippen molar-refractivity contribution in [1.29, 1.82) is 0 Å². The van der Waals surface area contributed by atoms with Crippen LogP contribution in [0.15, 0.2) is 0 Å². The molecule has 2 fully saturated rings. The molecule has 0 bridgehead atoms. The van der Waals surface area contributed by atoms with E-state index in [1.165, 1.54) is 96.6 Å². The van der Waals surface area contributed by atoms with Crippen molar-refractivity contribution in [3.05, 3.63) is 0 Å². The number of nitrogens with zero attached hydrogens (tertiary/aromatic N) is 2. The Bertz CT molecular complexity index is 705. The number of hydrogen-bond donors (Lipinski definition) is 0. The van der Waals surface area contributed by atoms with E-state index in [1.807, 2.05) is 0 Å². The fourth-order valence-electron chi connectivity index (χ4n) is 8.17. The maximum atomic E-state index is 6.58. The van der Waals surface area contributed by atoms with Crippen molar-refractivity contribution in [2.75, 3.05) is 26.3 Å². The van der Waals surface area contributed by atoms with Gasteiger partial charge in [-0.05, 0) is 111 Å². The summed E-state index contributed by atoms with van der Waals surface area (Å²) in [6.45, 7) is 30.8. The third kappa shape index (κ3) is 11.1. The van der Waals surface area contributed by atoms with Crippen LogP contribution in [-0.2, 0) is 9.47 Å². The first kappa shape index (κ1) is 37.0. The van der Waals surface area contributed by atoms with Crippen molar-refractivity contribution in [3.8, 4) is 0 Å². The van der Waals surface area contributed by atoms with E-state index < -0.39 is 0 Å². The molecule has 2 aliphatic heterocycles. The summed E-state index contributed by atoms with van der Waals surface area (Å²) in [5.41, 5.74) is 0.642. The van der Waals surface area contributed by atoms with Crippen LogP contribution >= 0.6 is 0 Å². The summed E-state index contributed by atoms with van der Waals surface area (Å²) in [6, 6.07) is 0.642. The molecule has 4 atom stereocenters. The van der Waals surface area contributed by atoms with Gasteiger partial charge in [-0.25, -0.2) is 0 Å². The van der Waals surface area contributed by atoms with E-state index in [1.54, 1.807) is 0 Å². The maximum Gasteiger partial charge on any atom is 0.0610 e. The molecule has 0 amide bonds. The number of piperidine rings is 2. The summed E-state index contributed by atoms with van der Waals surface area (Å²) in [4.78, 5) is 5.65. The lowest BCUT2D eigenvalue weighted by atomic mass is 9.71. The lowest BCUT2D eigenvalue weighted by Gasteiger charge is -2.58. The van der Waals surface area contributed by atoms with Gasteiger partial charge >= 0.3 is 0 Å². The summed E-state index contributed by atoms with van der Waals surface area (Å²) in [5.74, 6) is 1.31. The molecule has 41 heavy (non-hydrogen) atoms. The molecule has 2 rings (SSSR count). The zero-order valence-corrected chi connectivity index (χ0v) is 29.8. The van der Waals surface area contributed by atoms with Crippen LogP contribution in [0.1, 0.15) is 166 Å². The first-order chi connectivity index (χ1) is 19.3. The van der Waals surface area contributed by atoms with E-state index in [2.05, 4.69) is 86.0 Å². The van der Waals surface area contributed by atoms with Gasteiger partial charge in [0.25, 0.3) is 0 Å². The van der Waals surface area contributed by atoms with E-state index in [4.69, 9.17) is 9.47 Å². The predicted molar refractivity (Wildman–Crippen MR) is 179 cm³/mol. The molecular formula is C37H74N2O2. The molecule has 2 aliphatic rings. The van der Waals surface area contributed by atoms with Gasteiger partial charge in [0.05, 0.1) is 12.2 Å². The second-order valence-corrected chi connectivity index (χ2v) is 16.0. The molecule has 0 spiro atoms. The molecular weight excluding hydrogens is 504 g/mol. The highest BCUT2D eigenvalue weighted by atomic mass is 16.5. The normalized spacial score (nSPS) is 29.0. The molecule has 4 nitrogen and oxygen atoms in total. The SMILES string of the molecule is CCCCCN1C(C(C)C)CC(OCCCCCCOC2CC(C)(C)N(CCCCC)C(C)(C(C)C)C2)CC1(C)C. The topological polar surface area (TPSA) is 24.9 Å². The largest absolute Gasteiger partial charge is 0.378 e. The fraction of sp³-hybridized carbons (Fsp3) is 1.00. The number of rotatable bonds is 19. The Morgan fingerprint density at radius 2 is 1.17 bits per heavy atom. The summed E-state index contributed by atoms with van der Waals surface area (Å²) in [7, 11) is 0. The Morgan fingerprint density at radius 1 is 0.634 bits per heavy atom. The van der Waals surface area contributed by atoms with Crippen LogP contribution < -0.4 is 0 Å². The molecule has 244 valence electrons. The first-order valence-electron chi connectivity index (χ1n) is 18.1. The van der Waals surface area contributed by atoms with E-state index in [0.717, 1.165) is 19.6 Å². The maximum absolute atomic E-state index is 6.58. The zero-order valence-electron chi connectivity index (χ0n) is 29.8. The van der Waals surface area contributed by atoms with Crippen molar-refractivity contribution in [3.63, 3.8) is 0 Å². The Morgan fingerprint density at radius 3 is 1.71 bits per heavy atom. The molecule has 2 saturated heterocycles. The van der Waals surface area contributed by atoms with Crippen molar-refractivity contribution in [2.45, 2.75) is 201 Å². The monoisotopic (exact) mass is 579 g/mol. The van der Waals surface area contributed by atoms with Gasteiger partial charge in [-0.3, -0.25) is 9.80 Å². The van der Waals surface area contributed by atoms with Crippen LogP contribution in [-0.4, -0.2) is 71.0 Å². The average molecular weight is 579 g/mol. The quantitative estimate of drug-likeness (QED) is 0.142. The Hall–Kier alpha value is -0.160. The van der Waals surface area contributed by atoms with E-state index in [0.29, 0.717) is 30.1 Å². The number of hydrogen-bond acceptors (Lipinski definition) is 4. The second kappa shape index (κ2) is 17.4. The molecule has 0 aromatic rings. The molecule has 0 saturated carbocycles. The van der Waals surface area contributed by atoms with Crippen LogP contribution in [0.4, 0.5) is 0 Å². The molecule has 2 heterocycles. The standard InChI is InChI=1S/C37H74N2O2/c1-12-14-18-22-38-34(30(3)4)26-32(27-35(38,7)8)40-24-20-16-17-21-25-41-33-28-36(9,10)39(23-19-15-13-2)37(11,29-33)31(5)6/h30-34H,12-29H2,1-11H3. The number of likely N-dealkylation sites (tertiary alicyclic amines) is 2. The third-order valence-electron chi connectivity index (χ3n) is 10.9. The van der Waals surface area contributed by atoms with Gasteiger partial charge < -0.3 is 9.47 Å². The van der Waals surface area contributed by atoms with Crippen molar-refractivity contribution in [2.24, 2.45) is 11.8 Å². The van der Waals surface area contributed by atoms with Gasteiger partial charge in [-0.2, -0.15) is 0 Å². The first-order valence-corrected chi connectivity index (χ1v) is 18.1. The molecule has 4 heteroatoms. The zero-order chi connectivity index (χ0) is 30.7. The smallest absolute Gasteiger partial charge is 0.0610 e. The number of unbranched alkanes of at least 4 members (excludes halogenated alkanes) is 7. The average Bonchev–Trinajstić information content (AvgIpc) is 2.87. The van der Waals surface area contributed by atoms with Gasteiger partial charge in [0, 0.05) is 35.9 Å². The Balaban J connectivity index is 1.71. The molecule has 0 aromatic carbocycles. The Labute approximate surface area is 258 Å². The highest BCUT2D eigenvalue weighted by molar-refractivity contribution is 5.04. The van der Waals surface area contributed by atoms with E-state index >= 15 is 0 Å². The van der Waals surface area contributed by atoms with E-state index in [9.17, 15) is 0 Å². The van der Waals surface area contributed by atoms with Crippen molar-refractivity contribution < 1.29 is 9.47 Å². The lowest BCUT2D eigenvalue weighted by molar-refractivity contribution is -0.127. The van der Waals surface area contributed by atoms with Crippen molar-refractivity contribution in [1.82, 2.24) is 9.80 Å². The summed E-state index contributed by atoms with van der Waals surface area (Å²) in [6.07, 6.45) is 18.2. The second-order valence-electron chi connectivity index (χ2n) is 16.0. The minimum atomic E-state index is 0.196. The van der Waals surface area contributed by atoms with Gasteiger partial charge in [0.2, 0.25) is 0 Å². The molecule has 4 unspecified atom stereocenters. The molecule has 0 aromatic heterocycles. The molecule has 0 N–H and O–H groups in total. The lowest BCUT2D eigenvalue weighted by Crippen LogP contribution is -2.65. The highest BCUT2D eigenvalue weighted by Crippen LogP contribution is 2.44. The summed E-state index contributed by atoms with van der Waals surface area (Å²) >= 11 is 0. The summed E-state index contributed by atoms with van der Waals surface area (Å²) < 4.78 is 13.1. The summed E-state index contributed by atoms with van der Waals surface area (Å²) in [5, 5.41) is 0. The fourth-order valence-corrected chi connectivity index (χ4v) is 8.17. The third-order valence-corrected chi connectivity index (χ3v) is 10.9. The van der Waals surface area contributed by atoms with Gasteiger partial charge in [-0.1, -0.05) is 80.1 Å². The van der Waals surface area contributed by atoms with Gasteiger partial charge in [-0.15, -0.1) is 0 Å². The van der Waals surface area contributed by atoms with Crippen LogP contribution in [0.2, 0.25) is 0 Å². The van der Waals surface area contributed by atoms with Crippen LogP contribution in [0.3, 0.4) is 0 Å². The Kier molecular flexibility index (Phi) is 15.7. The van der Waals surface area contributed by atoms with Crippen LogP contribution in [0.25, 0.3) is 0 Å². The van der Waals surface area contributed by atoms with Gasteiger partial charge in [0.1, 0.15) is 0 Å². The highest BCUT2D eigenvalue weighted by Gasteiger charge is 2.49. The van der Waals surface area contributed by atoms with Crippen LogP contribution in [0.5, 0.6) is 0 Å².